The first-order valence-corrected chi connectivity index (χ1v) is 5.97. The van der Waals surface area contributed by atoms with Crippen LogP contribution in [-0.4, -0.2) is 5.91 Å². The summed E-state index contributed by atoms with van der Waals surface area (Å²) in [5.41, 5.74) is 2.96. The van der Waals surface area contributed by atoms with Gasteiger partial charge in [0.25, 0.3) is 0 Å². The molecule has 0 aliphatic carbocycles. The zero-order valence-electron chi connectivity index (χ0n) is 10.5. The molecule has 3 heteroatoms. The quantitative estimate of drug-likeness (QED) is 0.878. The van der Waals surface area contributed by atoms with Crippen molar-refractivity contribution < 1.29 is 9.21 Å². The molecule has 0 aliphatic rings. The normalized spacial score (nSPS) is 10.8. The number of hydrogen-bond donors (Lipinski definition) is 1. The number of fused-ring (bicyclic) bond motifs is 1. The number of carbonyl (C=O) groups is 1. The van der Waals surface area contributed by atoms with E-state index in [9.17, 15) is 4.79 Å². The van der Waals surface area contributed by atoms with Gasteiger partial charge < -0.3 is 9.73 Å². The van der Waals surface area contributed by atoms with E-state index in [1.165, 1.54) is 12.5 Å². The summed E-state index contributed by atoms with van der Waals surface area (Å²) >= 11 is 0. The van der Waals surface area contributed by atoms with Gasteiger partial charge in [-0.15, -0.1) is 0 Å². The molecule has 0 fully saturated rings. The van der Waals surface area contributed by atoms with Gasteiger partial charge in [-0.25, -0.2) is 0 Å². The molecule has 1 amide bonds. The largest absolute Gasteiger partial charge is 0.461 e. The van der Waals surface area contributed by atoms with Crippen LogP contribution in [0.1, 0.15) is 32.1 Å². The van der Waals surface area contributed by atoms with Gasteiger partial charge >= 0.3 is 0 Å². The minimum atomic E-state index is -0.0541. The van der Waals surface area contributed by atoms with Crippen molar-refractivity contribution >= 4 is 22.6 Å². The third-order valence-electron chi connectivity index (χ3n) is 2.87. The smallest absolute Gasteiger partial charge is 0.221 e. The van der Waals surface area contributed by atoms with E-state index in [1.807, 2.05) is 18.2 Å². The highest BCUT2D eigenvalue weighted by molar-refractivity contribution is 5.93. The molecule has 90 valence electrons. The van der Waals surface area contributed by atoms with E-state index in [0.29, 0.717) is 0 Å². The lowest BCUT2D eigenvalue weighted by Gasteiger charge is -2.01. The average molecular weight is 231 g/mol. The number of aryl methyl sites for hydroxylation is 2. The Morgan fingerprint density at radius 3 is 2.65 bits per heavy atom. The molecule has 0 spiro atoms. The number of benzene rings is 1. The number of nitrogens with one attached hydrogen (secondary N) is 1. The predicted octanol–water partition coefficient (Wildman–Crippen LogP) is 3.52. The highest BCUT2D eigenvalue weighted by atomic mass is 16.3. The van der Waals surface area contributed by atoms with Gasteiger partial charge in [0.15, 0.2) is 0 Å². The van der Waals surface area contributed by atoms with Crippen LogP contribution in [-0.2, 0) is 17.6 Å². The van der Waals surface area contributed by atoms with Gasteiger partial charge in [0, 0.05) is 30.0 Å². The van der Waals surface area contributed by atoms with Crippen molar-refractivity contribution in [3.63, 3.8) is 0 Å². The average Bonchev–Trinajstić information content (AvgIpc) is 2.65. The molecule has 0 radical (unpaired) electrons. The summed E-state index contributed by atoms with van der Waals surface area (Å²) in [5.74, 6) is 0.990. The summed E-state index contributed by atoms with van der Waals surface area (Å²) in [6.07, 6.45) is 1.84. The zero-order chi connectivity index (χ0) is 12.4. The lowest BCUT2D eigenvalue weighted by atomic mass is 10.1. The van der Waals surface area contributed by atoms with Gasteiger partial charge in [-0.05, 0) is 24.6 Å². The van der Waals surface area contributed by atoms with Crippen LogP contribution in [0, 0.1) is 0 Å². The molecule has 1 N–H and O–H groups in total. The van der Waals surface area contributed by atoms with Crippen molar-refractivity contribution in [2.24, 2.45) is 0 Å². The summed E-state index contributed by atoms with van der Waals surface area (Å²) in [4.78, 5) is 11.0. The van der Waals surface area contributed by atoms with Crippen LogP contribution in [0.3, 0.4) is 0 Å². The van der Waals surface area contributed by atoms with Crippen LogP contribution >= 0.6 is 0 Å². The number of hydrogen-bond acceptors (Lipinski definition) is 2. The highest BCUT2D eigenvalue weighted by Crippen LogP contribution is 2.29. The molecule has 0 atom stereocenters. The van der Waals surface area contributed by atoms with Crippen molar-refractivity contribution in [2.45, 2.75) is 33.6 Å². The Kier molecular flexibility index (Phi) is 3.18. The van der Waals surface area contributed by atoms with E-state index in [2.05, 4.69) is 19.2 Å². The highest BCUT2D eigenvalue weighted by Gasteiger charge is 2.11. The van der Waals surface area contributed by atoms with Crippen LogP contribution in [0.4, 0.5) is 5.69 Å². The maximum Gasteiger partial charge on any atom is 0.221 e. The molecule has 1 aromatic carbocycles. The van der Waals surface area contributed by atoms with Gasteiger partial charge in [-0.2, -0.15) is 0 Å². The Labute approximate surface area is 101 Å². The van der Waals surface area contributed by atoms with Crippen molar-refractivity contribution in [1.29, 1.82) is 0 Å². The fraction of sp³-hybridized carbons (Fsp3) is 0.357. The Morgan fingerprint density at radius 2 is 2.06 bits per heavy atom. The van der Waals surface area contributed by atoms with Crippen LogP contribution < -0.4 is 5.32 Å². The first-order chi connectivity index (χ1) is 8.15. The van der Waals surface area contributed by atoms with Crippen LogP contribution in [0.25, 0.3) is 11.0 Å². The van der Waals surface area contributed by atoms with E-state index in [4.69, 9.17) is 4.42 Å². The second kappa shape index (κ2) is 4.62. The Balaban J connectivity index is 2.54. The van der Waals surface area contributed by atoms with Gasteiger partial charge in [-0.3, -0.25) is 4.79 Å². The first-order valence-electron chi connectivity index (χ1n) is 5.97. The summed E-state index contributed by atoms with van der Waals surface area (Å²) in [6, 6.07) is 5.77. The van der Waals surface area contributed by atoms with Crippen molar-refractivity contribution in [3.05, 3.63) is 29.5 Å². The number of furan rings is 1. The molecule has 17 heavy (non-hydrogen) atoms. The number of rotatable bonds is 3. The van der Waals surface area contributed by atoms with Gasteiger partial charge in [0.05, 0.1) is 0 Å². The SMILES string of the molecule is CCc1oc2ccc(NC(C)=O)cc2c1CC. The molecule has 1 aromatic heterocycles. The molecule has 3 nitrogen and oxygen atoms in total. The number of amides is 1. The van der Waals surface area contributed by atoms with Crippen LogP contribution in [0.2, 0.25) is 0 Å². The van der Waals surface area contributed by atoms with Gasteiger partial charge in [0.1, 0.15) is 11.3 Å². The monoisotopic (exact) mass is 231 g/mol. The molecule has 2 aromatic rings. The third-order valence-corrected chi connectivity index (χ3v) is 2.87. The molecule has 2 rings (SSSR count). The topological polar surface area (TPSA) is 42.2 Å². The summed E-state index contributed by atoms with van der Waals surface area (Å²) in [5, 5.41) is 3.90. The van der Waals surface area contributed by atoms with Crippen molar-refractivity contribution in [1.82, 2.24) is 0 Å². The molecular weight excluding hydrogens is 214 g/mol. The minimum absolute atomic E-state index is 0.0541. The predicted molar refractivity (Wildman–Crippen MR) is 69.3 cm³/mol. The van der Waals surface area contributed by atoms with Crippen molar-refractivity contribution in [2.75, 3.05) is 5.32 Å². The maximum absolute atomic E-state index is 11.0. The molecule has 0 saturated heterocycles. The Bertz CT molecular complexity index is 555. The molecular formula is C14H17NO2. The maximum atomic E-state index is 11.0. The van der Waals surface area contributed by atoms with E-state index < -0.39 is 0 Å². The summed E-state index contributed by atoms with van der Waals surface area (Å²) in [6.45, 7) is 5.72. The van der Waals surface area contributed by atoms with E-state index in [1.54, 1.807) is 0 Å². The standard InChI is InChI=1S/C14H17NO2/c1-4-11-12-8-10(15-9(3)16)6-7-14(12)17-13(11)5-2/h6-8H,4-5H2,1-3H3,(H,15,16). The van der Waals surface area contributed by atoms with Crippen LogP contribution in [0.15, 0.2) is 22.6 Å². The van der Waals surface area contributed by atoms with E-state index in [0.717, 1.165) is 35.3 Å². The van der Waals surface area contributed by atoms with Crippen molar-refractivity contribution in [3.8, 4) is 0 Å². The first kappa shape index (κ1) is 11.7. The second-order valence-corrected chi connectivity index (χ2v) is 4.10. The fourth-order valence-electron chi connectivity index (χ4n) is 2.15. The number of anilines is 1. The summed E-state index contributed by atoms with van der Waals surface area (Å²) < 4.78 is 5.79. The Morgan fingerprint density at radius 1 is 1.29 bits per heavy atom. The molecule has 0 bridgehead atoms. The minimum Gasteiger partial charge on any atom is -0.461 e. The third kappa shape index (κ3) is 2.18. The van der Waals surface area contributed by atoms with Crippen LogP contribution in [0.5, 0.6) is 0 Å². The van der Waals surface area contributed by atoms with E-state index >= 15 is 0 Å². The fourth-order valence-corrected chi connectivity index (χ4v) is 2.15. The molecule has 1 heterocycles. The van der Waals surface area contributed by atoms with E-state index in [-0.39, 0.29) is 5.91 Å². The molecule has 0 saturated carbocycles. The summed E-state index contributed by atoms with van der Waals surface area (Å²) in [7, 11) is 0. The lowest BCUT2D eigenvalue weighted by molar-refractivity contribution is -0.114. The van der Waals surface area contributed by atoms with Gasteiger partial charge in [-0.1, -0.05) is 13.8 Å². The Hall–Kier alpha value is -1.77. The molecule has 0 unspecified atom stereocenters. The lowest BCUT2D eigenvalue weighted by Crippen LogP contribution is -2.05. The van der Waals surface area contributed by atoms with Gasteiger partial charge in [0.2, 0.25) is 5.91 Å². The number of carbonyl (C=O) groups excluding carboxylic acids is 1. The molecule has 0 aliphatic heterocycles. The zero-order valence-corrected chi connectivity index (χ0v) is 10.5. The second-order valence-electron chi connectivity index (χ2n) is 4.10.